The van der Waals surface area contributed by atoms with Crippen LogP contribution in [0, 0.1) is 5.92 Å². The van der Waals surface area contributed by atoms with Crippen molar-refractivity contribution >= 4 is 23.7 Å². The molecule has 0 bridgehead atoms. The summed E-state index contributed by atoms with van der Waals surface area (Å²) in [6.45, 7) is 1.78. The highest BCUT2D eigenvalue weighted by Gasteiger charge is 2.31. The quantitative estimate of drug-likeness (QED) is 0.167. The number of phenolic OH excluding ortho intramolecular Hbond substituents is 1. The van der Waals surface area contributed by atoms with E-state index >= 15 is 0 Å². The lowest BCUT2D eigenvalue weighted by molar-refractivity contribution is -0.142. The molecule has 1 aromatic carbocycles. The van der Waals surface area contributed by atoms with Gasteiger partial charge in [-0.15, -0.1) is 0 Å². The number of carbonyl (C=O) groups excluding carboxylic acids is 3. The first-order valence-corrected chi connectivity index (χ1v) is 9.89. The molecule has 0 fully saturated rings. The Labute approximate surface area is 184 Å². The molecule has 0 saturated heterocycles. The molecular formula is C20H30N4O8. The van der Waals surface area contributed by atoms with E-state index in [4.69, 9.17) is 10.8 Å². The van der Waals surface area contributed by atoms with Crippen LogP contribution in [0.25, 0.3) is 0 Å². The van der Waals surface area contributed by atoms with E-state index in [9.17, 15) is 34.5 Å². The lowest BCUT2D eigenvalue weighted by Gasteiger charge is -2.26. The molecule has 0 radical (unpaired) electrons. The highest BCUT2D eigenvalue weighted by molar-refractivity contribution is 5.94. The molecule has 0 spiro atoms. The number of aromatic hydroxyl groups is 1. The molecule has 0 heterocycles. The van der Waals surface area contributed by atoms with Crippen LogP contribution in [0.3, 0.4) is 0 Å². The Morgan fingerprint density at radius 2 is 1.44 bits per heavy atom. The van der Waals surface area contributed by atoms with E-state index < -0.39 is 67.0 Å². The van der Waals surface area contributed by atoms with Gasteiger partial charge in [-0.3, -0.25) is 14.4 Å². The largest absolute Gasteiger partial charge is 0.508 e. The second-order valence-electron chi connectivity index (χ2n) is 7.53. The first-order chi connectivity index (χ1) is 15.0. The first-order valence-electron chi connectivity index (χ1n) is 9.89. The molecule has 1 aromatic rings. The van der Waals surface area contributed by atoms with Gasteiger partial charge in [-0.25, -0.2) is 4.79 Å². The third-order valence-electron chi connectivity index (χ3n) is 4.59. The summed E-state index contributed by atoms with van der Waals surface area (Å²) in [6.07, 6.45) is -0.0610. The van der Waals surface area contributed by atoms with Crippen molar-refractivity contribution < 1.29 is 39.6 Å². The van der Waals surface area contributed by atoms with Crippen LogP contribution in [0.4, 0.5) is 0 Å². The Balaban J connectivity index is 2.88. The number of carboxylic acid groups (broad SMARTS) is 1. The van der Waals surface area contributed by atoms with Gasteiger partial charge >= 0.3 is 5.97 Å². The number of carbonyl (C=O) groups is 4. The van der Waals surface area contributed by atoms with E-state index in [1.807, 2.05) is 0 Å². The molecule has 4 atom stereocenters. The van der Waals surface area contributed by atoms with E-state index in [0.29, 0.717) is 5.56 Å². The summed E-state index contributed by atoms with van der Waals surface area (Å²) >= 11 is 0. The van der Waals surface area contributed by atoms with Gasteiger partial charge in [0, 0.05) is 6.42 Å². The lowest BCUT2D eigenvalue weighted by atomic mass is 10.0. The van der Waals surface area contributed by atoms with E-state index in [1.165, 1.54) is 24.3 Å². The molecular weight excluding hydrogens is 424 g/mol. The summed E-state index contributed by atoms with van der Waals surface area (Å²) in [5.74, 6) is -4.26. The zero-order valence-corrected chi connectivity index (χ0v) is 17.8. The van der Waals surface area contributed by atoms with Crippen molar-refractivity contribution in [3.05, 3.63) is 29.8 Å². The van der Waals surface area contributed by atoms with Gasteiger partial charge in [-0.2, -0.15) is 0 Å². The molecule has 1 rings (SSSR count). The Kier molecular flexibility index (Phi) is 10.5. The standard InChI is InChI=1S/C20H30N4O8/c1-10(2)16(24-18(29)15(9-26)23-17(28)13(21)8-25)19(30)22-14(20(31)32)7-11-3-5-12(27)6-4-11/h3-6,10,13-16,25-27H,7-9,21H2,1-2H3,(H,22,30)(H,23,28)(H,24,29)(H,31,32). The number of benzene rings is 1. The molecule has 0 aliphatic carbocycles. The zero-order chi connectivity index (χ0) is 24.4. The van der Waals surface area contributed by atoms with Gasteiger partial charge in [0.1, 0.15) is 29.9 Å². The number of nitrogens with one attached hydrogen (secondary N) is 3. The van der Waals surface area contributed by atoms with E-state index in [-0.39, 0.29) is 12.2 Å². The minimum Gasteiger partial charge on any atom is -0.508 e. The van der Waals surface area contributed by atoms with Crippen LogP contribution in [0.15, 0.2) is 24.3 Å². The molecule has 0 aliphatic rings. The van der Waals surface area contributed by atoms with Crippen LogP contribution < -0.4 is 21.7 Å². The van der Waals surface area contributed by atoms with Crippen LogP contribution in [0.1, 0.15) is 19.4 Å². The minimum absolute atomic E-state index is 0.0118. The van der Waals surface area contributed by atoms with Crippen molar-refractivity contribution in [3.8, 4) is 5.75 Å². The van der Waals surface area contributed by atoms with Gasteiger partial charge in [0.25, 0.3) is 0 Å². The third kappa shape index (κ3) is 8.13. The van der Waals surface area contributed by atoms with Crippen molar-refractivity contribution in [2.24, 2.45) is 11.7 Å². The summed E-state index contributed by atoms with van der Waals surface area (Å²) in [7, 11) is 0. The van der Waals surface area contributed by atoms with Gasteiger partial charge in [-0.1, -0.05) is 26.0 Å². The van der Waals surface area contributed by atoms with Crippen molar-refractivity contribution in [2.75, 3.05) is 13.2 Å². The van der Waals surface area contributed by atoms with Crippen molar-refractivity contribution in [3.63, 3.8) is 0 Å². The number of aliphatic hydroxyl groups excluding tert-OH is 2. The number of aliphatic carboxylic acids is 1. The van der Waals surface area contributed by atoms with Crippen LogP contribution in [-0.2, 0) is 25.6 Å². The molecule has 0 aliphatic heterocycles. The highest BCUT2D eigenvalue weighted by Crippen LogP contribution is 2.12. The topological polar surface area (TPSA) is 211 Å². The highest BCUT2D eigenvalue weighted by atomic mass is 16.4. The maximum Gasteiger partial charge on any atom is 0.326 e. The monoisotopic (exact) mass is 454 g/mol. The lowest BCUT2D eigenvalue weighted by Crippen LogP contribution is -2.59. The molecule has 9 N–H and O–H groups in total. The number of amides is 3. The van der Waals surface area contributed by atoms with E-state index in [1.54, 1.807) is 13.8 Å². The van der Waals surface area contributed by atoms with Gasteiger partial charge < -0.3 is 42.1 Å². The number of carboxylic acids is 1. The van der Waals surface area contributed by atoms with Crippen molar-refractivity contribution in [2.45, 2.75) is 44.4 Å². The van der Waals surface area contributed by atoms with Gasteiger partial charge in [0.15, 0.2) is 0 Å². The number of hydrogen-bond donors (Lipinski definition) is 8. The normalized spacial score (nSPS) is 14.7. The molecule has 0 aromatic heterocycles. The Hall–Kier alpha value is -3.22. The number of phenols is 1. The molecule has 12 nitrogen and oxygen atoms in total. The summed E-state index contributed by atoms with van der Waals surface area (Å²) in [5, 5.41) is 44.1. The number of nitrogens with two attached hydrogens (primary N) is 1. The third-order valence-corrected chi connectivity index (χ3v) is 4.59. The molecule has 12 heteroatoms. The zero-order valence-electron chi connectivity index (χ0n) is 17.8. The fraction of sp³-hybridized carbons (Fsp3) is 0.500. The molecule has 178 valence electrons. The second-order valence-corrected chi connectivity index (χ2v) is 7.53. The Morgan fingerprint density at radius 1 is 0.875 bits per heavy atom. The van der Waals surface area contributed by atoms with E-state index in [2.05, 4.69) is 16.0 Å². The summed E-state index contributed by atoms with van der Waals surface area (Å²) in [4.78, 5) is 48.6. The molecule has 0 saturated carbocycles. The average molecular weight is 454 g/mol. The summed E-state index contributed by atoms with van der Waals surface area (Å²) in [6, 6.07) is 0.620. The SMILES string of the molecule is CC(C)C(NC(=O)C(CO)NC(=O)C(N)CO)C(=O)NC(Cc1ccc(O)cc1)C(=O)O. The Bertz CT molecular complexity index is 799. The summed E-state index contributed by atoms with van der Waals surface area (Å²) < 4.78 is 0. The maximum atomic E-state index is 12.7. The minimum atomic E-state index is -1.43. The van der Waals surface area contributed by atoms with Crippen molar-refractivity contribution in [1.29, 1.82) is 0 Å². The van der Waals surface area contributed by atoms with Gasteiger partial charge in [0.05, 0.1) is 13.2 Å². The smallest absolute Gasteiger partial charge is 0.326 e. The molecule has 32 heavy (non-hydrogen) atoms. The van der Waals surface area contributed by atoms with Crippen LogP contribution in [-0.4, -0.2) is 81.5 Å². The molecule has 3 amide bonds. The number of aliphatic hydroxyl groups is 2. The van der Waals surface area contributed by atoms with Crippen LogP contribution in [0.2, 0.25) is 0 Å². The first kappa shape index (κ1) is 26.8. The van der Waals surface area contributed by atoms with Crippen molar-refractivity contribution in [1.82, 2.24) is 16.0 Å². The van der Waals surface area contributed by atoms with Gasteiger partial charge in [-0.05, 0) is 23.6 Å². The predicted molar refractivity (Wildman–Crippen MR) is 112 cm³/mol. The average Bonchev–Trinajstić information content (AvgIpc) is 2.75. The second kappa shape index (κ2) is 12.6. The van der Waals surface area contributed by atoms with Crippen LogP contribution in [0.5, 0.6) is 5.75 Å². The maximum absolute atomic E-state index is 12.7. The van der Waals surface area contributed by atoms with Crippen LogP contribution >= 0.6 is 0 Å². The van der Waals surface area contributed by atoms with E-state index in [0.717, 1.165) is 0 Å². The van der Waals surface area contributed by atoms with Gasteiger partial charge in [0.2, 0.25) is 17.7 Å². The predicted octanol–water partition coefficient (Wildman–Crippen LogP) is -2.56. The Morgan fingerprint density at radius 3 is 1.91 bits per heavy atom. The summed E-state index contributed by atoms with van der Waals surface area (Å²) in [5.41, 5.74) is 5.92. The number of hydrogen-bond acceptors (Lipinski definition) is 8. The molecule has 4 unspecified atom stereocenters. The fourth-order valence-corrected chi connectivity index (χ4v) is 2.67. The fourth-order valence-electron chi connectivity index (χ4n) is 2.67. The number of rotatable bonds is 12.